The number of rotatable bonds is 5. The second kappa shape index (κ2) is 5.38. The van der Waals surface area contributed by atoms with Gasteiger partial charge in [0.05, 0.1) is 0 Å². The molecular formula is C17H27NO2. The van der Waals surface area contributed by atoms with Crippen molar-refractivity contribution in [1.82, 2.24) is 0 Å². The predicted molar refractivity (Wildman–Crippen MR) is 82.1 cm³/mol. The van der Waals surface area contributed by atoms with E-state index in [9.17, 15) is 5.11 Å². The summed E-state index contributed by atoms with van der Waals surface area (Å²) in [6.07, 6.45) is 2.11. The van der Waals surface area contributed by atoms with Gasteiger partial charge < -0.3 is 15.6 Å². The number of aliphatic hydroxyl groups is 1. The standard InChI is InChI=1S/C17H27NO2/c1-12-5-8-14(16(2,3)4)15(9-12)20-11-17(19,10-18)13-6-7-13/h5,8-9,13,19H,6-7,10-11,18H2,1-4H3. The molecule has 0 aromatic heterocycles. The van der Waals surface area contributed by atoms with Crippen LogP contribution in [0.3, 0.4) is 0 Å². The third-order valence-electron chi connectivity index (χ3n) is 4.11. The van der Waals surface area contributed by atoms with Crippen molar-refractivity contribution in [2.24, 2.45) is 11.7 Å². The summed E-state index contributed by atoms with van der Waals surface area (Å²) in [7, 11) is 0. The Morgan fingerprint density at radius 2 is 1.95 bits per heavy atom. The van der Waals surface area contributed by atoms with E-state index in [0.717, 1.165) is 24.2 Å². The summed E-state index contributed by atoms with van der Waals surface area (Å²) in [5, 5.41) is 10.5. The van der Waals surface area contributed by atoms with Crippen LogP contribution in [0.4, 0.5) is 0 Å². The minimum atomic E-state index is -0.876. The maximum atomic E-state index is 10.5. The average molecular weight is 277 g/mol. The monoisotopic (exact) mass is 277 g/mol. The normalized spacial score (nSPS) is 18.7. The second-order valence-electron chi connectivity index (χ2n) is 7.12. The van der Waals surface area contributed by atoms with Crippen molar-refractivity contribution in [2.75, 3.05) is 13.2 Å². The summed E-state index contributed by atoms with van der Waals surface area (Å²) in [6.45, 7) is 9.09. The molecule has 2 rings (SSSR count). The van der Waals surface area contributed by atoms with Crippen molar-refractivity contribution in [3.63, 3.8) is 0 Å². The van der Waals surface area contributed by atoms with Crippen LogP contribution in [0.25, 0.3) is 0 Å². The zero-order valence-corrected chi connectivity index (χ0v) is 13.1. The maximum Gasteiger partial charge on any atom is 0.123 e. The van der Waals surface area contributed by atoms with E-state index in [1.165, 1.54) is 5.56 Å². The highest BCUT2D eigenvalue weighted by Crippen LogP contribution is 2.40. The molecule has 1 aliphatic carbocycles. The quantitative estimate of drug-likeness (QED) is 0.870. The van der Waals surface area contributed by atoms with Crippen molar-refractivity contribution in [3.8, 4) is 5.75 Å². The second-order valence-corrected chi connectivity index (χ2v) is 7.12. The summed E-state index contributed by atoms with van der Waals surface area (Å²) in [4.78, 5) is 0. The minimum absolute atomic E-state index is 0.0173. The van der Waals surface area contributed by atoms with Gasteiger partial charge in [0.2, 0.25) is 0 Å². The highest BCUT2D eigenvalue weighted by Gasteiger charge is 2.43. The van der Waals surface area contributed by atoms with Crippen LogP contribution in [0.2, 0.25) is 0 Å². The van der Waals surface area contributed by atoms with Gasteiger partial charge in [-0.05, 0) is 48.3 Å². The highest BCUT2D eigenvalue weighted by atomic mass is 16.5. The Hall–Kier alpha value is -1.06. The van der Waals surface area contributed by atoms with Crippen LogP contribution < -0.4 is 10.5 Å². The van der Waals surface area contributed by atoms with Gasteiger partial charge in [-0.2, -0.15) is 0 Å². The van der Waals surface area contributed by atoms with Gasteiger partial charge in [-0.15, -0.1) is 0 Å². The highest BCUT2D eigenvalue weighted by molar-refractivity contribution is 5.41. The molecule has 0 bridgehead atoms. The molecular weight excluding hydrogens is 250 g/mol. The van der Waals surface area contributed by atoms with Crippen LogP contribution in [-0.4, -0.2) is 23.9 Å². The molecule has 1 aromatic carbocycles. The zero-order chi connectivity index (χ0) is 15.0. The Kier molecular flexibility index (Phi) is 4.12. The third kappa shape index (κ3) is 3.33. The molecule has 112 valence electrons. The Labute approximate surface area is 122 Å². The lowest BCUT2D eigenvalue weighted by Crippen LogP contribution is -2.45. The molecule has 0 radical (unpaired) electrons. The van der Waals surface area contributed by atoms with E-state index >= 15 is 0 Å². The van der Waals surface area contributed by atoms with E-state index in [1.54, 1.807) is 0 Å². The molecule has 0 amide bonds. The van der Waals surface area contributed by atoms with E-state index in [2.05, 4.69) is 39.8 Å². The molecule has 3 heteroatoms. The first-order valence-electron chi connectivity index (χ1n) is 7.42. The number of hydrogen-bond acceptors (Lipinski definition) is 3. The first-order chi connectivity index (χ1) is 9.26. The van der Waals surface area contributed by atoms with Gasteiger partial charge in [0.25, 0.3) is 0 Å². The molecule has 20 heavy (non-hydrogen) atoms. The molecule has 0 saturated heterocycles. The summed E-state index contributed by atoms with van der Waals surface area (Å²) in [6, 6.07) is 6.26. The van der Waals surface area contributed by atoms with Crippen molar-refractivity contribution < 1.29 is 9.84 Å². The van der Waals surface area contributed by atoms with Gasteiger partial charge in [0.15, 0.2) is 0 Å². The van der Waals surface area contributed by atoms with Crippen LogP contribution >= 0.6 is 0 Å². The zero-order valence-electron chi connectivity index (χ0n) is 13.1. The molecule has 0 aliphatic heterocycles. The van der Waals surface area contributed by atoms with Crippen LogP contribution in [0.1, 0.15) is 44.7 Å². The summed E-state index contributed by atoms with van der Waals surface area (Å²) in [5.41, 5.74) is 7.20. The first kappa shape index (κ1) is 15.3. The van der Waals surface area contributed by atoms with Crippen LogP contribution in [0, 0.1) is 12.8 Å². The molecule has 3 nitrogen and oxygen atoms in total. The Balaban J connectivity index is 2.18. The van der Waals surface area contributed by atoms with Gasteiger partial charge in [0, 0.05) is 6.54 Å². The fraction of sp³-hybridized carbons (Fsp3) is 0.647. The van der Waals surface area contributed by atoms with E-state index in [0.29, 0.717) is 5.92 Å². The average Bonchev–Trinajstić information content (AvgIpc) is 3.19. The van der Waals surface area contributed by atoms with Crippen molar-refractivity contribution in [3.05, 3.63) is 29.3 Å². The summed E-state index contributed by atoms with van der Waals surface area (Å²) < 4.78 is 5.97. The Morgan fingerprint density at radius 1 is 1.30 bits per heavy atom. The third-order valence-corrected chi connectivity index (χ3v) is 4.11. The fourth-order valence-corrected chi connectivity index (χ4v) is 2.54. The molecule has 1 aliphatic rings. The lowest BCUT2D eigenvalue weighted by molar-refractivity contribution is -0.0167. The smallest absolute Gasteiger partial charge is 0.123 e. The minimum Gasteiger partial charge on any atom is -0.490 e. The fourth-order valence-electron chi connectivity index (χ4n) is 2.54. The largest absolute Gasteiger partial charge is 0.490 e. The van der Waals surface area contributed by atoms with Gasteiger partial charge in [-0.1, -0.05) is 32.9 Å². The van der Waals surface area contributed by atoms with Gasteiger partial charge >= 0.3 is 0 Å². The molecule has 1 unspecified atom stereocenters. The molecule has 1 fully saturated rings. The van der Waals surface area contributed by atoms with Gasteiger partial charge in [-0.3, -0.25) is 0 Å². The maximum absolute atomic E-state index is 10.5. The molecule has 1 saturated carbocycles. The number of ether oxygens (including phenoxy) is 1. The van der Waals surface area contributed by atoms with Crippen molar-refractivity contribution in [2.45, 2.75) is 51.6 Å². The molecule has 0 spiro atoms. The van der Waals surface area contributed by atoms with Crippen LogP contribution in [0.5, 0.6) is 5.75 Å². The molecule has 1 atom stereocenters. The van der Waals surface area contributed by atoms with Crippen LogP contribution in [0.15, 0.2) is 18.2 Å². The van der Waals surface area contributed by atoms with E-state index in [-0.39, 0.29) is 18.6 Å². The van der Waals surface area contributed by atoms with Crippen molar-refractivity contribution in [1.29, 1.82) is 0 Å². The first-order valence-corrected chi connectivity index (χ1v) is 7.42. The summed E-state index contributed by atoms with van der Waals surface area (Å²) in [5.74, 6) is 1.17. The van der Waals surface area contributed by atoms with Crippen LogP contribution in [-0.2, 0) is 5.41 Å². The summed E-state index contributed by atoms with van der Waals surface area (Å²) >= 11 is 0. The molecule has 0 heterocycles. The van der Waals surface area contributed by atoms with E-state index < -0.39 is 5.60 Å². The van der Waals surface area contributed by atoms with Crippen molar-refractivity contribution >= 4 is 0 Å². The number of nitrogens with two attached hydrogens (primary N) is 1. The number of benzene rings is 1. The number of hydrogen-bond donors (Lipinski definition) is 2. The van der Waals surface area contributed by atoms with Gasteiger partial charge in [0.1, 0.15) is 18.0 Å². The topological polar surface area (TPSA) is 55.5 Å². The van der Waals surface area contributed by atoms with E-state index in [4.69, 9.17) is 10.5 Å². The lowest BCUT2D eigenvalue weighted by Gasteiger charge is -2.29. The Bertz CT molecular complexity index is 474. The molecule has 3 N–H and O–H groups in total. The lowest BCUT2D eigenvalue weighted by atomic mass is 9.86. The predicted octanol–water partition coefficient (Wildman–Crippen LogP) is 2.77. The number of aryl methyl sites for hydroxylation is 1. The SMILES string of the molecule is Cc1ccc(C(C)(C)C)c(OCC(O)(CN)C2CC2)c1. The van der Waals surface area contributed by atoms with Gasteiger partial charge in [-0.25, -0.2) is 0 Å². The Morgan fingerprint density at radius 3 is 2.45 bits per heavy atom. The molecule has 1 aromatic rings. The van der Waals surface area contributed by atoms with E-state index in [1.807, 2.05) is 6.07 Å².